The molecule has 1 aromatic carbocycles. The average Bonchev–Trinajstić information content (AvgIpc) is 3.17. The number of halogens is 3. The Morgan fingerprint density at radius 1 is 1.18 bits per heavy atom. The molecule has 0 amide bonds. The van der Waals surface area contributed by atoms with E-state index < -0.39 is 50.3 Å². The normalized spacial score (nSPS) is 26.6. The van der Waals surface area contributed by atoms with E-state index in [9.17, 15) is 26.4 Å². The van der Waals surface area contributed by atoms with Crippen molar-refractivity contribution in [3.8, 4) is 17.6 Å². The molecule has 1 aromatic rings. The maximum Gasteiger partial charge on any atom is 0.534 e. The van der Waals surface area contributed by atoms with Gasteiger partial charge in [0.1, 0.15) is 12.9 Å². The highest BCUT2D eigenvalue weighted by Gasteiger charge is 2.60. The number of alkyl halides is 3. The summed E-state index contributed by atoms with van der Waals surface area (Å²) in [6.07, 6.45) is -0.730. The minimum atomic E-state index is -6.15. The molecule has 0 heterocycles. The number of ether oxygens (including phenoxy) is 4. The summed E-state index contributed by atoms with van der Waals surface area (Å²) in [5, 5.41) is 9.11. The van der Waals surface area contributed by atoms with Crippen LogP contribution in [-0.2, 0) is 24.3 Å². The minimum Gasteiger partial charge on any atom is -0.493 e. The van der Waals surface area contributed by atoms with Crippen molar-refractivity contribution in [2.75, 3.05) is 27.6 Å². The first-order valence-electron chi connectivity index (χ1n) is 12.5. The number of hydrogen-bond acceptors (Lipinski definition) is 9. The van der Waals surface area contributed by atoms with Gasteiger partial charge in [-0.3, -0.25) is 4.79 Å². The first-order chi connectivity index (χ1) is 18.2. The number of nitrogens with zero attached hydrogens (tertiary/aromatic N) is 1. The molecular formula is C26H34F3NO8S. The lowest BCUT2D eigenvalue weighted by Gasteiger charge is -2.49. The molecule has 0 radical (unpaired) electrons. The SMILES string of the molecule is COCO[C@H]1[C@H](OCCC#N)c2c(OS(=O)(=O)C(F)(F)F)cc(OC)c(=O)c(C)c2[C@H]2[C@@H](C(C)C)CC[C@@]12C. The molecule has 2 aliphatic rings. The Kier molecular flexibility index (Phi) is 9.26. The third-order valence-electron chi connectivity index (χ3n) is 7.90. The Morgan fingerprint density at radius 3 is 2.38 bits per heavy atom. The van der Waals surface area contributed by atoms with E-state index in [2.05, 4.69) is 0 Å². The van der Waals surface area contributed by atoms with Crippen LogP contribution in [0, 0.1) is 35.5 Å². The molecule has 218 valence electrons. The number of hydrogen-bond donors (Lipinski definition) is 0. The molecule has 1 saturated carbocycles. The molecule has 5 atom stereocenters. The van der Waals surface area contributed by atoms with Gasteiger partial charge in [-0.2, -0.15) is 26.9 Å². The molecule has 0 saturated heterocycles. The lowest BCUT2D eigenvalue weighted by molar-refractivity contribution is -0.182. The van der Waals surface area contributed by atoms with Gasteiger partial charge in [-0.25, -0.2) is 0 Å². The Bertz CT molecular complexity index is 1280. The summed E-state index contributed by atoms with van der Waals surface area (Å²) in [6.45, 7) is 7.21. The van der Waals surface area contributed by atoms with Crippen LogP contribution in [-0.4, -0.2) is 47.6 Å². The summed E-state index contributed by atoms with van der Waals surface area (Å²) in [6, 6.07) is 2.80. The predicted molar refractivity (Wildman–Crippen MR) is 134 cm³/mol. The van der Waals surface area contributed by atoms with E-state index in [1.165, 1.54) is 14.0 Å². The van der Waals surface area contributed by atoms with Crippen LogP contribution in [0.25, 0.3) is 0 Å². The summed E-state index contributed by atoms with van der Waals surface area (Å²) in [7, 11) is -3.58. The van der Waals surface area contributed by atoms with Crippen LogP contribution in [0.5, 0.6) is 11.5 Å². The molecule has 2 aliphatic carbocycles. The number of fused-ring (bicyclic) bond motifs is 3. The van der Waals surface area contributed by atoms with Crippen LogP contribution in [0.1, 0.15) is 68.7 Å². The minimum absolute atomic E-state index is 0.0268. The number of methoxy groups -OCH3 is 2. The first-order valence-corrected chi connectivity index (χ1v) is 13.9. The zero-order valence-electron chi connectivity index (χ0n) is 22.8. The number of nitriles is 1. The monoisotopic (exact) mass is 577 g/mol. The Morgan fingerprint density at radius 2 is 1.85 bits per heavy atom. The van der Waals surface area contributed by atoms with Gasteiger partial charge < -0.3 is 23.1 Å². The third-order valence-corrected chi connectivity index (χ3v) is 8.86. The molecule has 3 rings (SSSR count). The van der Waals surface area contributed by atoms with Gasteiger partial charge in [0, 0.05) is 29.7 Å². The molecule has 9 nitrogen and oxygen atoms in total. The molecule has 0 bridgehead atoms. The van der Waals surface area contributed by atoms with Gasteiger partial charge in [-0.05, 0) is 43.1 Å². The van der Waals surface area contributed by atoms with E-state index in [-0.39, 0.29) is 48.5 Å². The largest absolute Gasteiger partial charge is 0.534 e. The second-order valence-electron chi connectivity index (χ2n) is 10.5. The van der Waals surface area contributed by atoms with Gasteiger partial charge in [-0.1, -0.05) is 20.8 Å². The van der Waals surface area contributed by atoms with Crippen molar-refractivity contribution < 1.29 is 44.7 Å². The van der Waals surface area contributed by atoms with Crippen molar-refractivity contribution in [3.63, 3.8) is 0 Å². The van der Waals surface area contributed by atoms with Crippen molar-refractivity contribution in [2.24, 2.45) is 17.3 Å². The van der Waals surface area contributed by atoms with E-state index in [1.54, 1.807) is 0 Å². The zero-order valence-corrected chi connectivity index (χ0v) is 23.6. The molecule has 1 fully saturated rings. The summed E-state index contributed by atoms with van der Waals surface area (Å²) in [5.74, 6) is -1.48. The fourth-order valence-corrected chi connectivity index (χ4v) is 6.64. The van der Waals surface area contributed by atoms with Gasteiger partial charge in [0.05, 0.1) is 32.3 Å². The summed E-state index contributed by atoms with van der Waals surface area (Å²) >= 11 is 0. The van der Waals surface area contributed by atoms with Crippen molar-refractivity contribution in [2.45, 2.75) is 70.6 Å². The standard InChI is InChI=1S/C26H34F3NO8S/c1-14(2)16-8-9-25(4)21(16)19-15(3)22(31)18(35-6)12-17(38-39(32,33)26(27,28)29)20(19)23(36-11-7-10-30)24(25)37-13-34-5/h12,14,16,21,23-24H,7-9,11,13H2,1-6H3/t16-,21-,23-,24+,25-/m1/s1. The maximum absolute atomic E-state index is 13.5. The summed E-state index contributed by atoms with van der Waals surface area (Å²) in [4.78, 5) is 13.5. The van der Waals surface area contributed by atoms with Crippen LogP contribution in [0.4, 0.5) is 13.2 Å². The van der Waals surface area contributed by atoms with Gasteiger partial charge in [0.25, 0.3) is 0 Å². The molecule has 0 spiro atoms. The van der Waals surface area contributed by atoms with Crippen molar-refractivity contribution in [3.05, 3.63) is 33.0 Å². The highest BCUT2D eigenvalue weighted by Crippen LogP contribution is 2.65. The van der Waals surface area contributed by atoms with Gasteiger partial charge in [-0.15, -0.1) is 0 Å². The van der Waals surface area contributed by atoms with Crippen molar-refractivity contribution in [1.29, 1.82) is 5.26 Å². The van der Waals surface area contributed by atoms with E-state index in [4.69, 9.17) is 28.4 Å². The first kappa shape index (κ1) is 31.1. The molecule has 39 heavy (non-hydrogen) atoms. The smallest absolute Gasteiger partial charge is 0.493 e. The zero-order chi connectivity index (χ0) is 29.3. The summed E-state index contributed by atoms with van der Waals surface area (Å²) < 4.78 is 92.3. The van der Waals surface area contributed by atoms with Crippen LogP contribution < -0.4 is 14.3 Å². The third kappa shape index (κ3) is 5.62. The topological polar surface area (TPSA) is 121 Å². The van der Waals surface area contributed by atoms with Gasteiger partial charge >= 0.3 is 15.6 Å². The molecule has 0 aromatic heterocycles. The van der Waals surface area contributed by atoms with Crippen LogP contribution in [0.15, 0.2) is 10.9 Å². The predicted octanol–water partition coefficient (Wildman–Crippen LogP) is 4.72. The second-order valence-corrected chi connectivity index (χ2v) is 12.0. The van der Waals surface area contributed by atoms with Crippen LogP contribution in [0.2, 0.25) is 0 Å². The van der Waals surface area contributed by atoms with E-state index in [0.717, 1.165) is 19.6 Å². The second kappa shape index (κ2) is 11.6. The fraction of sp³-hybridized carbons (Fsp3) is 0.692. The maximum atomic E-state index is 13.5. The lowest BCUT2D eigenvalue weighted by atomic mass is 9.60. The lowest BCUT2D eigenvalue weighted by Crippen LogP contribution is -2.48. The highest BCUT2D eigenvalue weighted by molar-refractivity contribution is 7.88. The van der Waals surface area contributed by atoms with Gasteiger partial charge in [0.15, 0.2) is 11.5 Å². The molecule has 0 N–H and O–H groups in total. The van der Waals surface area contributed by atoms with Crippen LogP contribution >= 0.6 is 0 Å². The van der Waals surface area contributed by atoms with Gasteiger partial charge in [0.2, 0.25) is 5.43 Å². The molecular weight excluding hydrogens is 543 g/mol. The summed E-state index contributed by atoms with van der Waals surface area (Å²) in [5.41, 5.74) is -6.54. The fourth-order valence-electron chi connectivity index (χ4n) is 6.17. The molecule has 13 heteroatoms. The Labute approximate surface area is 226 Å². The van der Waals surface area contributed by atoms with Crippen molar-refractivity contribution in [1.82, 2.24) is 0 Å². The molecule has 0 aliphatic heterocycles. The van der Waals surface area contributed by atoms with E-state index >= 15 is 0 Å². The Hall–Kier alpha value is -2.40. The number of rotatable bonds is 10. The van der Waals surface area contributed by atoms with E-state index in [0.29, 0.717) is 12.0 Å². The van der Waals surface area contributed by atoms with Crippen molar-refractivity contribution >= 4 is 10.1 Å². The average molecular weight is 578 g/mol. The molecule has 0 unspecified atom stereocenters. The Balaban J connectivity index is 2.50. The quantitative estimate of drug-likeness (QED) is 0.168. The van der Waals surface area contributed by atoms with Crippen LogP contribution in [0.3, 0.4) is 0 Å². The highest BCUT2D eigenvalue weighted by atomic mass is 32.2. The van der Waals surface area contributed by atoms with E-state index in [1.807, 2.05) is 26.8 Å².